The molecule has 1 aromatic carbocycles. The van der Waals surface area contributed by atoms with Crippen molar-refractivity contribution in [2.45, 2.75) is 0 Å². The van der Waals surface area contributed by atoms with Gasteiger partial charge in [0, 0.05) is 17.9 Å². The molecule has 0 radical (unpaired) electrons. The van der Waals surface area contributed by atoms with Gasteiger partial charge in [0.25, 0.3) is 0 Å². The van der Waals surface area contributed by atoms with Crippen molar-refractivity contribution in [1.82, 2.24) is 4.98 Å². The second-order valence-corrected chi connectivity index (χ2v) is 3.20. The van der Waals surface area contributed by atoms with Crippen LogP contribution in [0.5, 0.6) is 0 Å². The van der Waals surface area contributed by atoms with Crippen LogP contribution in [0.2, 0.25) is 0 Å². The number of rotatable bonds is 2. The smallest absolute Gasteiger partial charge is 0.423 e. The van der Waals surface area contributed by atoms with E-state index in [2.05, 4.69) is 4.98 Å². The van der Waals surface area contributed by atoms with Gasteiger partial charge < -0.3 is 10.0 Å². The molecule has 0 bridgehead atoms. The number of pyridine rings is 1. The summed E-state index contributed by atoms with van der Waals surface area (Å²) >= 11 is 0. The summed E-state index contributed by atoms with van der Waals surface area (Å²) in [6.07, 6.45) is 3.10. The molecule has 0 aliphatic heterocycles. The van der Waals surface area contributed by atoms with Crippen LogP contribution < -0.4 is 5.46 Å². The molecule has 4 heteroatoms. The number of hydrogen-bond donors (Lipinski definition) is 2. The molecule has 74 valence electrons. The Morgan fingerprint density at radius 1 is 1.00 bits per heavy atom. The summed E-state index contributed by atoms with van der Waals surface area (Å²) < 4.78 is 0. The normalized spacial score (nSPS) is 10.0. The van der Waals surface area contributed by atoms with Gasteiger partial charge in [0.2, 0.25) is 0 Å². The van der Waals surface area contributed by atoms with Crippen molar-refractivity contribution in [1.29, 1.82) is 0 Å². The van der Waals surface area contributed by atoms with Crippen LogP contribution in [0, 0.1) is 0 Å². The lowest BCUT2D eigenvalue weighted by Gasteiger charge is -2.07. The van der Waals surface area contributed by atoms with Crippen molar-refractivity contribution in [2.24, 2.45) is 0 Å². The molecule has 0 atom stereocenters. The molecule has 0 unspecified atom stereocenters. The summed E-state index contributed by atoms with van der Waals surface area (Å²) in [5, 5.41) is 18.4. The minimum absolute atomic E-state index is 0.420. The number of nitrogens with zero attached hydrogens (tertiary/aromatic N) is 1. The van der Waals surface area contributed by atoms with Gasteiger partial charge >= 0.3 is 7.12 Å². The molecule has 0 aliphatic rings. The Balaban J connectivity index is 2.53. The molecular weight excluding hydrogens is 189 g/mol. The SMILES string of the molecule is OB(O)c1cnccc1-c1ccccc1. The van der Waals surface area contributed by atoms with Crippen LogP contribution >= 0.6 is 0 Å². The highest BCUT2D eigenvalue weighted by molar-refractivity contribution is 6.60. The second-order valence-electron chi connectivity index (χ2n) is 3.20. The highest BCUT2D eigenvalue weighted by atomic mass is 16.4. The van der Waals surface area contributed by atoms with E-state index in [-0.39, 0.29) is 0 Å². The van der Waals surface area contributed by atoms with Crippen molar-refractivity contribution in [3.05, 3.63) is 48.8 Å². The van der Waals surface area contributed by atoms with E-state index in [1.165, 1.54) is 6.20 Å². The standard InChI is InChI=1S/C11H10BNO2/c14-12(15)11-8-13-7-6-10(11)9-4-2-1-3-5-9/h1-8,14-15H. The van der Waals surface area contributed by atoms with E-state index >= 15 is 0 Å². The second kappa shape index (κ2) is 4.25. The topological polar surface area (TPSA) is 53.4 Å². The van der Waals surface area contributed by atoms with Crippen molar-refractivity contribution in [2.75, 3.05) is 0 Å². The average molecular weight is 199 g/mol. The maximum absolute atomic E-state index is 9.18. The van der Waals surface area contributed by atoms with E-state index in [0.29, 0.717) is 5.46 Å². The third-order valence-electron chi connectivity index (χ3n) is 2.21. The van der Waals surface area contributed by atoms with Gasteiger partial charge in [0.15, 0.2) is 0 Å². The molecule has 0 saturated carbocycles. The van der Waals surface area contributed by atoms with Gasteiger partial charge in [-0.15, -0.1) is 0 Å². The molecular formula is C11H10BNO2. The van der Waals surface area contributed by atoms with Crippen LogP contribution in [-0.2, 0) is 0 Å². The van der Waals surface area contributed by atoms with Gasteiger partial charge in [0.1, 0.15) is 0 Å². The first-order valence-electron chi connectivity index (χ1n) is 4.64. The molecule has 2 rings (SSSR count). The fourth-order valence-corrected chi connectivity index (χ4v) is 1.49. The summed E-state index contributed by atoms with van der Waals surface area (Å²) in [4.78, 5) is 3.87. The van der Waals surface area contributed by atoms with Gasteiger partial charge in [-0.2, -0.15) is 0 Å². The van der Waals surface area contributed by atoms with Gasteiger partial charge in [-0.1, -0.05) is 30.3 Å². The zero-order valence-corrected chi connectivity index (χ0v) is 8.04. The molecule has 0 spiro atoms. The molecule has 2 aromatic rings. The molecule has 2 N–H and O–H groups in total. The predicted octanol–water partition coefficient (Wildman–Crippen LogP) is 0.428. The maximum Gasteiger partial charge on any atom is 0.490 e. The minimum Gasteiger partial charge on any atom is -0.423 e. The van der Waals surface area contributed by atoms with Crippen molar-refractivity contribution >= 4 is 12.6 Å². The Bertz CT molecular complexity index is 445. The van der Waals surface area contributed by atoms with E-state index in [9.17, 15) is 10.0 Å². The van der Waals surface area contributed by atoms with E-state index in [1.807, 2.05) is 30.3 Å². The highest BCUT2D eigenvalue weighted by Gasteiger charge is 2.16. The highest BCUT2D eigenvalue weighted by Crippen LogP contribution is 2.15. The number of hydrogen-bond acceptors (Lipinski definition) is 3. The fraction of sp³-hybridized carbons (Fsp3) is 0. The van der Waals surface area contributed by atoms with E-state index in [0.717, 1.165) is 11.1 Å². The predicted molar refractivity (Wildman–Crippen MR) is 59.5 cm³/mol. The third kappa shape index (κ3) is 2.06. The monoisotopic (exact) mass is 199 g/mol. The van der Waals surface area contributed by atoms with Gasteiger partial charge in [-0.05, 0) is 17.2 Å². The Labute approximate surface area is 88.2 Å². The molecule has 0 saturated heterocycles. The third-order valence-corrected chi connectivity index (χ3v) is 2.21. The van der Waals surface area contributed by atoms with E-state index in [1.54, 1.807) is 12.3 Å². The molecule has 1 aromatic heterocycles. The van der Waals surface area contributed by atoms with Crippen LogP contribution in [-0.4, -0.2) is 22.2 Å². The lowest BCUT2D eigenvalue weighted by atomic mass is 9.77. The molecule has 15 heavy (non-hydrogen) atoms. The van der Waals surface area contributed by atoms with E-state index < -0.39 is 7.12 Å². The van der Waals surface area contributed by atoms with Crippen LogP contribution in [0.4, 0.5) is 0 Å². The fourth-order valence-electron chi connectivity index (χ4n) is 1.49. The Morgan fingerprint density at radius 2 is 1.73 bits per heavy atom. The lowest BCUT2D eigenvalue weighted by Crippen LogP contribution is -2.31. The van der Waals surface area contributed by atoms with Gasteiger partial charge in [-0.3, -0.25) is 4.98 Å². The average Bonchev–Trinajstić information content (AvgIpc) is 2.30. The summed E-state index contributed by atoms with van der Waals surface area (Å²) in [5.41, 5.74) is 2.16. The quantitative estimate of drug-likeness (QED) is 0.689. The lowest BCUT2D eigenvalue weighted by molar-refractivity contribution is 0.426. The Kier molecular flexibility index (Phi) is 2.80. The van der Waals surface area contributed by atoms with Crippen LogP contribution in [0.1, 0.15) is 0 Å². The first-order valence-corrected chi connectivity index (χ1v) is 4.64. The number of aromatic nitrogens is 1. The summed E-state index contributed by atoms with van der Waals surface area (Å²) in [6.45, 7) is 0. The van der Waals surface area contributed by atoms with Crippen molar-refractivity contribution in [3.63, 3.8) is 0 Å². The van der Waals surface area contributed by atoms with E-state index in [4.69, 9.17) is 0 Å². The molecule has 0 fully saturated rings. The maximum atomic E-state index is 9.18. The largest absolute Gasteiger partial charge is 0.490 e. The van der Waals surface area contributed by atoms with Gasteiger partial charge in [-0.25, -0.2) is 0 Å². The van der Waals surface area contributed by atoms with Crippen LogP contribution in [0.25, 0.3) is 11.1 Å². The Morgan fingerprint density at radius 3 is 2.40 bits per heavy atom. The number of benzene rings is 1. The molecule has 1 heterocycles. The van der Waals surface area contributed by atoms with Crippen LogP contribution in [0.3, 0.4) is 0 Å². The molecule has 0 amide bonds. The molecule has 0 aliphatic carbocycles. The minimum atomic E-state index is -1.49. The summed E-state index contributed by atoms with van der Waals surface area (Å²) in [6, 6.07) is 11.3. The zero-order chi connectivity index (χ0) is 10.7. The Hall–Kier alpha value is -1.65. The summed E-state index contributed by atoms with van der Waals surface area (Å²) in [5.74, 6) is 0. The summed E-state index contributed by atoms with van der Waals surface area (Å²) in [7, 11) is -1.49. The van der Waals surface area contributed by atoms with Crippen LogP contribution in [0.15, 0.2) is 48.8 Å². The van der Waals surface area contributed by atoms with Gasteiger partial charge in [0.05, 0.1) is 0 Å². The van der Waals surface area contributed by atoms with Crippen molar-refractivity contribution in [3.8, 4) is 11.1 Å². The zero-order valence-electron chi connectivity index (χ0n) is 8.04. The first-order chi connectivity index (χ1) is 7.29. The molecule has 3 nitrogen and oxygen atoms in total. The first kappa shape index (κ1) is 9.89. The van der Waals surface area contributed by atoms with Crippen molar-refractivity contribution < 1.29 is 10.0 Å².